The fourth-order valence-electron chi connectivity index (χ4n) is 4.20. The molecule has 2 aliphatic carbocycles. The molecule has 0 aromatic heterocycles. The van der Waals surface area contributed by atoms with Crippen LogP contribution in [0.3, 0.4) is 0 Å². The van der Waals surface area contributed by atoms with Crippen LogP contribution in [0.25, 0.3) is 0 Å². The second-order valence-electron chi connectivity index (χ2n) is 7.04. The molecule has 2 N–H and O–H groups in total. The van der Waals surface area contributed by atoms with E-state index in [1.807, 2.05) is 24.3 Å². The number of ether oxygens (including phenoxy) is 1. The molecule has 0 spiro atoms. The summed E-state index contributed by atoms with van der Waals surface area (Å²) in [6, 6.07) is 7.75. The minimum Gasteiger partial charge on any atom is -0.497 e. The topological polar surface area (TPSA) is 75.6 Å². The quantitative estimate of drug-likeness (QED) is 0.870. The highest BCUT2D eigenvalue weighted by Gasteiger charge is 2.44. The summed E-state index contributed by atoms with van der Waals surface area (Å²) in [5.74, 6) is -0.234. The minimum atomic E-state index is -0.752. The second-order valence-corrected chi connectivity index (χ2v) is 7.04. The van der Waals surface area contributed by atoms with Crippen molar-refractivity contribution < 1.29 is 19.4 Å². The lowest BCUT2D eigenvalue weighted by atomic mass is 9.77. The number of hydrogen-bond acceptors (Lipinski definition) is 3. The van der Waals surface area contributed by atoms with Gasteiger partial charge in [-0.25, -0.2) is 0 Å². The van der Waals surface area contributed by atoms with Crippen LogP contribution < -0.4 is 10.1 Å². The lowest BCUT2D eigenvalue weighted by Gasteiger charge is -2.30. The molecule has 0 radical (unpaired) electrons. The first kappa shape index (κ1) is 16.8. The van der Waals surface area contributed by atoms with Crippen LogP contribution in [0.5, 0.6) is 5.75 Å². The van der Waals surface area contributed by atoms with Crippen LogP contribution in [0.4, 0.5) is 0 Å². The number of hydrogen-bond donors (Lipinski definition) is 2. The van der Waals surface area contributed by atoms with Crippen molar-refractivity contribution in [2.24, 2.45) is 5.92 Å². The van der Waals surface area contributed by atoms with Gasteiger partial charge in [-0.1, -0.05) is 25.0 Å². The highest BCUT2D eigenvalue weighted by molar-refractivity contribution is 5.89. The number of carboxylic acid groups (broad SMARTS) is 1. The predicted octanol–water partition coefficient (Wildman–Crippen LogP) is 2.88. The van der Waals surface area contributed by atoms with Gasteiger partial charge in [0.15, 0.2) is 0 Å². The standard InChI is InChI=1S/C19H25NO4/c1-24-16-8-5-14(6-9-16)19(10-2-3-11-19)18(23)20-15-7-4-13(12-15)17(21)22/h5-6,8-9,13,15H,2-4,7,10-12H2,1H3,(H,20,23)(H,21,22)/t13-,15+/m0/s1. The maximum absolute atomic E-state index is 13.1. The maximum Gasteiger partial charge on any atom is 0.306 e. The third-order valence-electron chi connectivity index (χ3n) is 5.65. The second kappa shape index (κ2) is 6.83. The molecule has 0 unspecified atom stereocenters. The van der Waals surface area contributed by atoms with Gasteiger partial charge < -0.3 is 15.2 Å². The first-order valence-corrected chi connectivity index (χ1v) is 8.73. The van der Waals surface area contributed by atoms with Gasteiger partial charge >= 0.3 is 5.97 Å². The van der Waals surface area contributed by atoms with E-state index in [9.17, 15) is 9.59 Å². The zero-order valence-electron chi connectivity index (χ0n) is 14.1. The fourth-order valence-corrected chi connectivity index (χ4v) is 4.20. The van der Waals surface area contributed by atoms with Gasteiger partial charge in [-0.3, -0.25) is 9.59 Å². The molecule has 1 aromatic carbocycles. The van der Waals surface area contributed by atoms with E-state index >= 15 is 0 Å². The number of amides is 1. The van der Waals surface area contributed by atoms with Gasteiger partial charge in [-0.2, -0.15) is 0 Å². The van der Waals surface area contributed by atoms with Gasteiger partial charge in [0.25, 0.3) is 0 Å². The molecule has 130 valence electrons. The van der Waals surface area contributed by atoms with E-state index < -0.39 is 11.4 Å². The summed E-state index contributed by atoms with van der Waals surface area (Å²) < 4.78 is 5.21. The van der Waals surface area contributed by atoms with Gasteiger partial charge in [0, 0.05) is 6.04 Å². The molecule has 2 aliphatic rings. The summed E-state index contributed by atoms with van der Waals surface area (Å²) in [6.07, 6.45) is 5.72. The van der Waals surface area contributed by atoms with Gasteiger partial charge in [-0.05, 0) is 49.8 Å². The summed E-state index contributed by atoms with van der Waals surface area (Å²) in [7, 11) is 1.63. The van der Waals surface area contributed by atoms with E-state index in [1.165, 1.54) is 0 Å². The molecule has 2 fully saturated rings. The van der Waals surface area contributed by atoms with E-state index in [-0.39, 0.29) is 17.9 Å². The van der Waals surface area contributed by atoms with Crippen molar-refractivity contribution in [2.75, 3.05) is 7.11 Å². The number of methoxy groups -OCH3 is 1. The molecule has 5 nitrogen and oxygen atoms in total. The molecule has 3 rings (SSSR count). The fraction of sp³-hybridized carbons (Fsp3) is 0.579. The van der Waals surface area contributed by atoms with E-state index in [4.69, 9.17) is 9.84 Å². The molecule has 24 heavy (non-hydrogen) atoms. The van der Waals surface area contributed by atoms with Gasteiger partial charge in [0.05, 0.1) is 18.4 Å². The lowest BCUT2D eigenvalue weighted by molar-refractivity contribution is -0.141. The van der Waals surface area contributed by atoms with Crippen molar-refractivity contribution in [3.8, 4) is 5.75 Å². The number of carbonyl (C=O) groups excluding carboxylic acids is 1. The predicted molar refractivity (Wildman–Crippen MR) is 90.0 cm³/mol. The van der Waals surface area contributed by atoms with E-state index in [0.717, 1.165) is 43.4 Å². The molecule has 2 atom stereocenters. The summed E-state index contributed by atoms with van der Waals surface area (Å²) >= 11 is 0. The first-order valence-electron chi connectivity index (χ1n) is 8.73. The number of rotatable bonds is 5. The highest BCUT2D eigenvalue weighted by Crippen LogP contribution is 2.42. The van der Waals surface area contributed by atoms with Crippen LogP contribution in [0.15, 0.2) is 24.3 Å². The van der Waals surface area contributed by atoms with Crippen LogP contribution in [0.2, 0.25) is 0 Å². The van der Waals surface area contributed by atoms with Crippen molar-refractivity contribution in [2.45, 2.75) is 56.4 Å². The average Bonchev–Trinajstić information content (AvgIpc) is 3.25. The van der Waals surface area contributed by atoms with Crippen molar-refractivity contribution in [1.82, 2.24) is 5.32 Å². The summed E-state index contributed by atoms with van der Waals surface area (Å²) in [6.45, 7) is 0. The van der Waals surface area contributed by atoms with E-state index in [2.05, 4.69) is 5.32 Å². The van der Waals surface area contributed by atoms with Crippen LogP contribution >= 0.6 is 0 Å². The van der Waals surface area contributed by atoms with Crippen molar-refractivity contribution in [3.63, 3.8) is 0 Å². The minimum absolute atomic E-state index is 0.0191. The summed E-state index contributed by atoms with van der Waals surface area (Å²) in [5, 5.41) is 12.3. The molecule has 0 bridgehead atoms. The van der Waals surface area contributed by atoms with Crippen LogP contribution in [-0.2, 0) is 15.0 Å². The van der Waals surface area contributed by atoms with Gasteiger partial charge in [-0.15, -0.1) is 0 Å². The summed E-state index contributed by atoms with van der Waals surface area (Å²) in [4.78, 5) is 24.2. The Labute approximate surface area is 142 Å². The number of aliphatic carboxylic acids is 1. The Bertz CT molecular complexity index is 604. The average molecular weight is 331 g/mol. The van der Waals surface area contributed by atoms with E-state index in [0.29, 0.717) is 12.8 Å². The molecular weight excluding hydrogens is 306 g/mol. The smallest absolute Gasteiger partial charge is 0.306 e. The molecule has 1 amide bonds. The first-order chi connectivity index (χ1) is 11.5. The Morgan fingerprint density at radius 3 is 2.38 bits per heavy atom. The summed E-state index contributed by atoms with van der Waals surface area (Å²) in [5.41, 5.74) is 0.555. The Balaban J connectivity index is 1.75. The van der Waals surface area contributed by atoms with Crippen molar-refractivity contribution in [3.05, 3.63) is 29.8 Å². The lowest BCUT2D eigenvalue weighted by Crippen LogP contribution is -2.46. The SMILES string of the molecule is COc1ccc(C2(C(=O)N[C@@H]3CC[C@H](C(=O)O)C3)CCCC2)cc1. The number of carboxylic acids is 1. The zero-order valence-corrected chi connectivity index (χ0v) is 14.1. The Morgan fingerprint density at radius 2 is 1.83 bits per heavy atom. The largest absolute Gasteiger partial charge is 0.497 e. The van der Waals surface area contributed by atoms with E-state index in [1.54, 1.807) is 7.11 Å². The molecule has 0 saturated heterocycles. The zero-order chi connectivity index (χ0) is 17.2. The Morgan fingerprint density at radius 1 is 1.17 bits per heavy atom. The van der Waals surface area contributed by atoms with Crippen molar-refractivity contribution >= 4 is 11.9 Å². The van der Waals surface area contributed by atoms with Crippen LogP contribution in [-0.4, -0.2) is 30.1 Å². The molecular formula is C19H25NO4. The maximum atomic E-state index is 13.1. The third-order valence-corrected chi connectivity index (χ3v) is 5.65. The van der Waals surface area contributed by atoms with Crippen LogP contribution in [0, 0.1) is 5.92 Å². The Hall–Kier alpha value is -2.04. The molecule has 0 heterocycles. The number of carbonyl (C=O) groups is 2. The van der Waals surface area contributed by atoms with Crippen LogP contribution in [0.1, 0.15) is 50.5 Å². The molecule has 5 heteroatoms. The third kappa shape index (κ3) is 3.12. The normalized spacial score (nSPS) is 25.4. The molecule has 2 saturated carbocycles. The molecule has 1 aromatic rings. The Kier molecular flexibility index (Phi) is 4.78. The molecule has 0 aliphatic heterocycles. The van der Waals surface area contributed by atoms with Gasteiger partial charge in [0.1, 0.15) is 5.75 Å². The monoisotopic (exact) mass is 331 g/mol. The van der Waals surface area contributed by atoms with Crippen molar-refractivity contribution in [1.29, 1.82) is 0 Å². The highest BCUT2D eigenvalue weighted by atomic mass is 16.5. The van der Waals surface area contributed by atoms with Gasteiger partial charge in [0.2, 0.25) is 5.91 Å². The number of benzene rings is 1. The number of nitrogens with one attached hydrogen (secondary N) is 1.